The maximum absolute atomic E-state index is 12.3. The van der Waals surface area contributed by atoms with E-state index in [0.717, 1.165) is 5.56 Å². The first-order valence-electron chi connectivity index (χ1n) is 7.82. The van der Waals surface area contributed by atoms with E-state index in [-0.39, 0.29) is 16.8 Å². The molecule has 0 aliphatic heterocycles. The molecular weight excluding hydrogens is 344 g/mol. The van der Waals surface area contributed by atoms with Gasteiger partial charge in [-0.3, -0.25) is 9.59 Å². The Hall–Kier alpha value is -2.60. The molecule has 0 radical (unpaired) electrons. The van der Waals surface area contributed by atoms with Gasteiger partial charge >= 0.3 is 5.97 Å². The fraction of sp³-hybridized carbons (Fsp3) is 0.278. The number of hydrogen-bond acceptors (Lipinski definition) is 4. The van der Waals surface area contributed by atoms with E-state index in [1.807, 2.05) is 6.92 Å². The van der Waals surface area contributed by atoms with E-state index >= 15 is 0 Å². The zero-order chi connectivity index (χ0) is 18.4. The summed E-state index contributed by atoms with van der Waals surface area (Å²) in [5.41, 5.74) is 1.80. The monoisotopic (exact) mass is 362 g/mol. The fourth-order valence-electron chi connectivity index (χ4n) is 2.16. The second-order valence-corrected chi connectivity index (χ2v) is 5.95. The number of hydrogen-bond donors (Lipinski definition) is 2. The van der Waals surface area contributed by atoms with Gasteiger partial charge in [0.25, 0.3) is 5.91 Å². The van der Waals surface area contributed by atoms with Crippen molar-refractivity contribution in [1.82, 2.24) is 4.98 Å². The van der Waals surface area contributed by atoms with E-state index < -0.39 is 11.9 Å². The van der Waals surface area contributed by atoms with Crippen LogP contribution in [0.4, 0.5) is 5.69 Å². The van der Waals surface area contributed by atoms with Crippen LogP contribution in [0.1, 0.15) is 29.8 Å². The van der Waals surface area contributed by atoms with Crippen LogP contribution in [0.25, 0.3) is 0 Å². The second kappa shape index (κ2) is 8.48. The third-order valence-electron chi connectivity index (χ3n) is 3.53. The first-order valence-corrected chi connectivity index (χ1v) is 8.20. The van der Waals surface area contributed by atoms with Gasteiger partial charge < -0.3 is 15.2 Å². The maximum atomic E-state index is 12.3. The number of aliphatic carboxylic acids is 1. The number of rotatable bonds is 7. The lowest BCUT2D eigenvalue weighted by Gasteiger charge is -2.09. The van der Waals surface area contributed by atoms with Crippen LogP contribution in [0.15, 0.2) is 36.5 Å². The first-order chi connectivity index (χ1) is 11.9. The molecule has 2 rings (SSSR count). The third-order valence-corrected chi connectivity index (χ3v) is 3.80. The molecule has 0 saturated heterocycles. The highest BCUT2D eigenvalue weighted by Crippen LogP contribution is 2.23. The van der Waals surface area contributed by atoms with Crippen molar-refractivity contribution in [3.8, 4) is 5.88 Å². The summed E-state index contributed by atoms with van der Waals surface area (Å²) in [6.45, 7) is 3.91. The van der Waals surface area contributed by atoms with Crippen molar-refractivity contribution in [2.75, 3.05) is 11.9 Å². The Kier molecular flexibility index (Phi) is 6.36. The summed E-state index contributed by atoms with van der Waals surface area (Å²) in [6, 6.07) is 8.53. The number of halogens is 1. The number of nitrogens with one attached hydrogen (secondary N) is 1. The van der Waals surface area contributed by atoms with Gasteiger partial charge in [0.05, 0.1) is 18.1 Å². The van der Waals surface area contributed by atoms with Gasteiger partial charge in [-0.05, 0) is 37.1 Å². The van der Waals surface area contributed by atoms with Crippen LogP contribution < -0.4 is 10.1 Å². The minimum absolute atomic E-state index is 0.271. The van der Waals surface area contributed by atoms with Gasteiger partial charge in [-0.25, -0.2) is 4.98 Å². The molecule has 0 bridgehead atoms. The predicted molar refractivity (Wildman–Crippen MR) is 95.3 cm³/mol. The summed E-state index contributed by atoms with van der Waals surface area (Å²) < 4.78 is 5.23. The lowest BCUT2D eigenvalue weighted by atomic mass is 10.0. The van der Waals surface area contributed by atoms with Crippen LogP contribution in [-0.2, 0) is 11.2 Å². The summed E-state index contributed by atoms with van der Waals surface area (Å²) in [5.74, 6) is -1.35. The van der Waals surface area contributed by atoms with E-state index in [0.29, 0.717) is 24.3 Å². The molecule has 0 saturated carbocycles. The number of anilines is 1. The van der Waals surface area contributed by atoms with Gasteiger partial charge in [-0.1, -0.05) is 30.7 Å². The highest BCUT2D eigenvalue weighted by atomic mass is 35.5. The summed E-state index contributed by atoms with van der Waals surface area (Å²) in [5, 5.41) is 12.0. The Balaban J connectivity index is 2.03. The van der Waals surface area contributed by atoms with E-state index in [2.05, 4.69) is 10.3 Å². The molecule has 1 amide bonds. The number of pyridine rings is 1. The molecule has 132 valence electrons. The molecule has 1 heterocycles. The summed E-state index contributed by atoms with van der Waals surface area (Å²) in [4.78, 5) is 27.2. The number of carbonyl (C=O) groups excluding carboxylic acids is 1. The molecule has 1 unspecified atom stereocenters. The minimum Gasteiger partial charge on any atom is -0.481 e. The number of carbonyl (C=O) groups is 2. The van der Waals surface area contributed by atoms with Gasteiger partial charge in [0, 0.05) is 11.9 Å². The Labute approximate surface area is 150 Å². The van der Waals surface area contributed by atoms with Crippen molar-refractivity contribution in [3.05, 3.63) is 52.7 Å². The molecule has 7 heteroatoms. The summed E-state index contributed by atoms with van der Waals surface area (Å²) in [7, 11) is 0. The highest BCUT2D eigenvalue weighted by molar-refractivity contribution is 6.32. The number of carboxylic acids is 1. The number of aromatic nitrogens is 1. The average molecular weight is 363 g/mol. The van der Waals surface area contributed by atoms with Crippen LogP contribution in [0.5, 0.6) is 5.88 Å². The lowest BCUT2D eigenvalue weighted by molar-refractivity contribution is -0.141. The van der Waals surface area contributed by atoms with Gasteiger partial charge in [-0.15, -0.1) is 0 Å². The lowest BCUT2D eigenvalue weighted by Crippen LogP contribution is -2.13. The number of ether oxygens (including phenoxy) is 1. The Morgan fingerprint density at radius 1 is 1.32 bits per heavy atom. The largest absolute Gasteiger partial charge is 0.481 e. The van der Waals surface area contributed by atoms with Crippen molar-refractivity contribution in [2.45, 2.75) is 20.3 Å². The van der Waals surface area contributed by atoms with Crippen molar-refractivity contribution >= 4 is 29.2 Å². The van der Waals surface area contributed by atoms with Gasteiger partial charge in [0.15, 0.2) is 0 Å². The van der Waals surface area contributed by atoms with Crippen LogP contribution in [-0.4, -0.2) is 28.6 Å². The van der Waals surface area contributed by atoms with Crippen molar-refractivity contribution < 1.29 is 19.4 Å². The molecule has 6 nitrogen and oxygen atoms in total. The predicted octanol–water partition coefficient (Wildman–Crippen LogP) is 3.65. The van der Waals surface area contributed by atoms with Crippen LogP contribution in [0, 0.1) is 5.92 Å². The number of carboxylic acid groups (broad SMARTS) is 1. The average Bonchev–Trinajstić information content (AvgIpc) is 2.58. The summed E-state index contributed by atoms with van der Waals surface area (Å²) >= 11 is 6.03. The zero-order valence-electron chi connectivity index (χ0n) is 14.0. The van der Waals surface area contributed by atoms with Gasteiger partial charge in [0.1, 0.15) is 5.02 Å². The molecule has 0 fully saturated rings. The quantitative estimate of drug-likeness (QED) is 0.784. The first kappa shape index (κ1) is 18.7. The molecule has 25 heavy (non-hydrogen) atoms. The Bertz CT molecular complexity index is 762. The van der Waals surface area contributed by atoms with Gasteiger partial charge in [0.2, 0.25) is 5.88 Å². The Morgan fingerprint density at radius 2 is 2.00 bits per heavy atom. The van der Waals surface area contributed by atoms with Crippen molar-refractivity contribution in [2.24, 2.45) is 5.92 Å². The molecule has 1 aromatic carbocycles. The maximum Gasteiger partial charge on any atom is 0.306 e. The van der Waals surface area contributed by atoms with E-state index in [9.17, 15) is 9.59 Å². The smallest absolute Gasteiger partial charge is 0.306 e. The topological polar surface area (TPSA) is 88.5 Å². The molecule has 0 aliphatic carbocycles. The van der Waals surface area contributed by atoms with Crippen LogP contribution >= 0.6 is 11.6 Å². The molecule has 2 N–H and O–H groups in total. The molecular formula is C18H19ClN2O4. The standard InChI is InChI=1S/C18H19ClN2O4/c1-3-25-17-15(19)9-13(10-20-17)16(22)21-14-6-4-12(5-7-14)8-11(2)18(23)24/h4-7,9-11H,3,8H2,1-2H3,(H,21,22)(H,23,24). The van der Waals surface area contributed by atoms with Crippen LogP contribution in [0.2, 0.25) is 5.02 Å². The van der Waals surface area contributed by atoms with Crippen molar-refractivity contribution in [1.29, 1.82) is 0 Å². The Morgan fingerprint density at radius 3 is 2.56 bits per heavy atom. The van der Waals surface area contributed by atoms with Gasteiger partial charge in [-0.2, -0.15) is 0 Å². The van der Waals surface area contributed by atoms with E-state index in [4.69, 9.17) is 21.4 Å². The SMILES string of the molecule is CCOc1ncc(C(=O)Nc2ccc(CC(C)C(=O)O)cc2)cc1Cl. The molecule has 0 aliphatic rings. The number of benzene rings is 1. The molecule has 0 spiro atoms. The van der Waals surface area contributed by atoms with E-state index in [1.165, 1.54) is 12.3 Å². The normalized spacial score (nSPS) is 11.6. The molecule has 2 aromatic rings. The second-order valence-electron chi connectivity index (χ2n) is 5.54. The van der Waals surface area contributed by atoms with E-state index in [1.54, 1.807) is 31.2 Å². The number of nitrogens with zero attached hydrogens (tertiary/aromatic N) is 1. The highest BCUT2D eigenvalue weighted by Gasteiger charge is 2.13. The zero-order valence-corrected chi connectivity index (χ0v) is 14.7. The molecule has 1 aromatic heterocycles. The minimum atomic E-state index is -0.836. The third kappa shape index (κ3) is 5.19. The van der Waals surface area contributed by atoms with Crippen molar-refractivity contribution in [3.63, 3.8) is 0 Å². The van der Waals surface area contributed by atoms with Crippen LogP contribution in [0.3, 0.4) is 0 Å². The summed E-state index contributed by atoms with van der Waals surface area (Å²) in [6.07, 6.45) is 1.83. The fourth-order valence-corrected chi connectivity index (χ4v) is 2.38. The number of amides is 1. The molecule has 1 atom stereocenters.